The zero-order valence-corrected chi connectivity index (χ0v) is 12.0. The molecule has 1 atom stereocenters. The van der Waals surface area contributed by atoms with Crippen LogP contribution < -0.4 is 4.74 Å². The Morgan fingerprint density at radius 1 is 1.16 bits per heavy atom. The van der Waals surface area contributed by atoms with Crippen LogP contribution in [-0.4, -0.2) is 13.2 Å². The molecule has 0 amide bonds. The predicted octanol–water partition coefficient (Wildman–Crippen LogP) is 4.18. The number of unbranched alkanes of at least 4 members (excludes halogenated alkanes) is 3. The highest BCUT2D eigenvalue weighted by atomic mass is 16.5. The van der Waals surface area contributed by atoms with Gasteiger partial charge in [-0.25, -0.2) is 0 Å². The molecule has 1 rings (SSSR count). The summed E-state index contributed by atoms with van der Waals surface area (Å²) >= 11 is 0. The van der Waals surface area contributed by atoms with Gasteiger partial charge in [0.25, 0.3) is 0 Å². The molecule has 1 aromatic rings. The molecule has 0 unspecified atom stereocenters. The van der Waals surface area contributed by atoms with Crippen LogP contribution in [0, 0.1) is 12.3 Å². The minimum Gasteiger partial charge on any atom is -0.497 e. The predicted molar refractivity (Wildman–Crippen MR) is 79.2 cm³/mol. The van der Waals surface area contributed by atoms with Gasteiger partial charge in [0, 0.05) is 6.42 Å². The van der Waals surface area contributed by atoms with Crippen LogP contribution in [-0.2, 0) is 11.3 Å². The first-order valence-electron chi connectivity index (χ1n) is 6.94. The van der Waals surface area contributed by atoms with Crippen molar-refractivity contribution in [3.63, 3.8) is 0 Å². The van der Waals surface area contributed by atoms with Crippen molar-refractivity contribution in [2.75, 3.05) is 7.11 Å². The first-order valence-corrected chi connectivity index (χ1v) is 6.94. The number of benzene rings is 1. The van der Waals surface area contributed by atoms with Gasteiger partial charge in [-0.1, -0.05) is 25.0 Å². The monoisotopic (exact) mass is 260 g/mol. The van der Waals surface area contributed by atoms with Gasteiger partial charge >= 0.3 is 0 Å². The fraction of sp³-hybridized carbons (Fsp3) is 0.529. The Labute approximate surface area is 117 Å². The van der Waals surface area contributed by atoms with Crippen molar-refractivity contribution in [2.24, 2.45) is 0 Å². The van der Waals surface area contributed by atoms with E-state index < -0.39 is 0 Å². The lowest BCUT2D eigenvalue weighted by Crippen LogP contribution is -2.07. The number of rotatable bonds is 9. The zero-order valence-electron chi connectivity index (χ0n) is 12.0. The summed E-state index contributed by atoms with van der Waals surface area (Å²) in [5, 5.41) is 0. The number of terminal acetylenes is 1. The van der Waals surface area contributed by atoms with E-state index in [1.807, 2.05) is 24.3 Å². The lowest BCUT2D eigenvalue weighted by molar-refractivity contribution is 0.0459. The first-order chi connectivity index (χ1) is 9.26. The summed E-state index contributed by atoms with van der Waals surface area (Å²) < 4.78 is 11.0. The normalized spacial score (nSPS) is 11.8. The third-order valence-electron chi connectivity index (χ3n) is 3.13. The Kier molecular flexibility index (Phi) is 7.77. The van der Waals surface area contributed by atoms with E-state index in [1.165, 1.54) is 18.4 Å². The lowest BCUT2D eigenvalue weighted by Gasteiger charge is -2.13. The highest BCUT2D eigenvalue weighted by Crippen LogP contribution is 2.14. The van der Waals surface area contributed by atoms with Gasteiger partial charge in [-0.15, -0.1) is 12.3 Å². The van der Waals surface area contributed by atoms with Crippen molar-refractivity contribution in [2.45, 2.75) is 51.7 Å². The van der Waals surface area contributed by atoms with Crippen molar-refractivity contribution in [1.29, 1.82) is 0 Å². The van der Waals surface area contributed by atoms with E-state index in [1.54, 1.807) is 7.11 Å². The third-order valence-corrected chi connectivity index (χ3v) is 3.13. The topological polar surface area (TPSA) is 18.5 Å². The molecule has 1 aromatic carbocycles. The standard InChI is InChI=1S/C17H24O2/c1-4-5-6-7-8-9-15(2)19-14-16-10-12-17(18-3)13-11-16/h1,10-13,15H,5-9,14H2,2-3H3/t15-/m1/s1. The van der Waals surface area contributed by atoms with Crippen molar-refractivity contribution in [1.82, 2.24) is 0 Å². The lowest BCUT2D eigenvalue weighted by atomic mass is 10.1. The Morgan fingerprint density at radius 3 is 2.53 bits per heavy atom. The summed E-state index contributed by atoms with van der Waals surface area (Å²) in [6.07, 6.45) is 11.0. The van der Waals surface area contributed by atoms with E-state index in [2.05, 4.69) is 12.8 Å². The van der Waals surface area contributed by atoms with E-state index in [0.29, 0.717) is 12.7 Å². The highest BCUT2D eigenvalue weighted by Gasteiger charge is 2.03. The van der Waals surface area contributed by atoms with Gasteiger partial charge in [-0.2, -0.15) is 0 Å². The van der Waals surface area contributed by atoms with E-state index in [4.69, 9.17) is 15.9 Å². The number of hydrogen-bond donors (Lipinski definition) is 0. The molecule has 2 nitrogen and oxygen atoms in total. The summed E-state index contributed by atoms with van der Waals surface area (Å²) in [5.74, 6) is 3.55. The maximum Gasteiger partial charge on any atom is 0.118 e. The Balaban J connectivity index is 2.15. The Bertz CT molecular complexity index is 375. The van der Waals surface area contributed by atoms with Gasteiger partial charge < -0.3 is 9.47 Å². The summed E-state index contributed by atoms with van der Waals surface area (Å²) in [6, 6.07) is 8.00. The zero-order chi connectivity index (χ0) is 13.9. The van der Waals surface area contributed by atoms with Crippen LogP contribution in [0.2, 0.25) is 0 Å². The molecule has 0 aliphatic rings. The van der Waals surface area contributed by atoms with Crippen LogP contribution in [0.1, 0.15) is 44.6 Å². The molecule has 0 heterocycles. The van der Waals surface area contributed by atoms with E-state index in [-0.39, 0.29) is 0 Å². The molecule has 0 aliphatic carbocycles. The molecule has 0 saturated carbocycles. The van der Waals surface area contributed by atoms with Crippen molar-refractivity contribution in [3.8, 4) is 18.1 Å². The van der Waals surface area contributed by atoms with Crippen molar-refractivity contribution < 1.29 is 9.47 Å². The van der Waals surface area contributed by atoms with Crippen LogP contribution in [0.4, 0.5) is 0 Å². The van der Waals surface area contributed by atoms with Gasteiger partial charge in [0.15, 0.2) is 0 Å². The van der Waals surface area contributed by atoms with Crippen molar-refractivity contribution in [3.05, 3.63) is 29.8 Å². The quantitative estimate of drug-likeness (QED) is 0.490. The molecule has 0 aliphatic heterocycles. The first kappa shape index (κ1) is 15.6. The third kappa shape index (κ3) is 6.88. The maximum absolute atomic E-state index is 5.83. The van der Waals surface area contributed by atoms with Crippen LogP contribution in [0.25, 0.3) is 0 Å². The molecule has 2 heteroatoms. The average molecular weight is 260 g/mol. The minimum absolute atomic E-state index is 0.299. The Hall–Kier alpha value is -1.46. The molecule has 0 saturated heterocycles. The number of ether oxygens (including phenoxy) is 2. The molecule has 0 spiro atoms. The molecule has 0 N–H and O–H groups in total. The van der Waals surface area contributed by atoms with Crippen molar-refractivity contribution >= 4 is 0 Å². The SMILES string of the molecule is C#CCCCCC[C@@H](C)OCc1ccc(OC)cc1. The summed E-state index contributed by atoms with van der Waals surface area (Å²) in [5.41, 5.74) is 1.18. The second-order valence-electron chi connectivity index (χ2n) is 4.77. The summed E-state index contributed by atoms with van der Waals surface area (Å²) in [6.45, 7) is 2.79. The molecule has 0 aromatic heterocycles. The van der Waals surface area contributed by atoms with Crippen LogP contribution in [0.5, 0.6) is 5.75 Å². The largest absolute Gasteiger partial charge is 0.497 e. The molecule has 19 heavy (non-hydrogen) atoms. The second kappa shape index (κ2) is 9.47. The molecule has 0 fully saturated rings. The van der Waals surface area contributed by atoms with Crippen LogP contribution >= 0.6 is 0 Å². The fourth-order valence-electron chi connectivity index (χ4n) is 1.88. The molecule has 0 bridgehead atoms. The fourth-order valence-corrected chi connectivity index (χ4v) is 1.88. The average Bonchev–Trinajstić information content (AvgIpc) is 2.45. The molecule has 104 valence electrons. The highest BCUT2D eigenvalue weighted by molar-refractivity contribution is 5.26. The Morgan fingerprint density at radius 2 is 1.89 bits per heavy atom. The van der Waals surface area contributed by atoms with Crippen LogP contribution in [0.15, 0.2) is 24.3 Å². The number of methoxy groups -OCH3 is 1. The van der Waals surface area contributed by atoms with E-state index in [0.717, 1.165) is 25.0 Å². The second-order valence-corrected chi connectivity index (χ2v) is 4.77. The smallest absolute Gasteiger partial charge is 0.118 e. The van der Waals surface area contributed by atoms with E-state index >= 15 is 0 Å². The molecule has 0 radical (unpaired) electrons. The summed E-state index contributed by atoms with van der Waals surface area (Å²) in [7, 11) is 1.67. The van der Waals surface area contributed by atoms with Gasteiger partial charge in [0.2, 0.25) is 0 Å². The maximum atomic E-state index is 5.83. The van der Waals surface area contributed by atoms with Crippen LogP contribution in [0.3, 0.4) is 0 Å². The van der Waals surface area contributed by atoms with Gasteiger partial charge in [0.1, 0.15) is 5.75 Å². The molecular formula is C17H24O2. The van der Waals surface area contributed by atoms with Gasteiger partial charge in [-0.05, 0) is 37.5 Å². The number of hydrogen-bond acceptors (Lipinski definition) is 2. The summed E-state index contributed by atoms with van der Waals surface area (Å²) in [4.78, 5) is 0. The van der Waals surface area contributed by atoms with Gasteiger partial charge in [-0.3, -0.25) is 0 Å². The molecular weight excluding hydrogens is 236 g/mol. The minimum atomic E-state index is 0.299. The van der Waals surface area contributed by atoms with Gasteiger partial charge in [0.05, 0.1) is 19.8 Å². The van der Waals surface area contributed by atoms with E-state index in [9.17, 15) is 0 Å².